The first kappa shape index (κ1) is 15.2. The summed E-state index contributed by atoms with van der Waals surface area (Å²) in [5, 5.41) is 11.0. The summed E-state index contributed by atoms with van der Waals surface area (Å²) in [4.78, 5) is 21.7. The quantitative estimate of drug-likeness (QED) is 0.748. The van der Waals surface area contributed by atoms with Gasteiger partial charge in [-0.3, -0.25) is 14.3 Å². The van der Waals surface area contributed by atoms with Gasteiger partial charge >= 0.3 is 5.97 Å². The molecule has 0 bridgehead atoms. The second kappa shape index (κ2) is 5.68. The van der Waals surface area contributed by atoms with Crippen LogP contribution in [0.4, 0.5) is 15.8 Å². The summed E-state index contributed by atoms with van der Waals surface area (Å²) < 4.78 is 39.2. The molecule has 0 saturated heterocycles. The van der Waals surface area contributed by atoms with Crippen LogP contribution in [0.1, 0.15) is 18.4 Å². The lowest BCUT2D eigenvalue weighted by Gasteiger charge is -2.18. The maximum Gasteiger partial charge on any atom is 0.304 e. The molecule has 0 atom stereocenters. The van der Waals surface area contributed by atoms with Gasteiger partial charge in [0.15, 0.2) is 0 Å². The van der Waals surface area contributed by atoms with Crippen LogP contribution in [0.3, 0.4) is 0 Å². The van der Waals surface area contributed by atoms with Gasteiger partial charge in [-0.15, -0.1) is 0 Å². The standard InChI is InChI=1S/C12H13FN2O5S/c13-8-5-7-1-2-11(16)14-9(7)6-10(8)15-21(19,20)4-3-12(17)18/h5-6,15H,1-4H2,(H,14,16)(H,17,18). The SMILES string of the molecule is O=C(O)CCS(=O)(=O)Nc1cc2c(cc1F)CCC(=O)N2. The van der Waals surface area contributed by atoms with Crippen LogP contribution in [0, 0.1) is 5.82 Å². The molecule has 3 N–H and O–H groups in total. The number of carboxylic acid groups (broad SMARTS) is 1. The van der Waals surface area contributed by atoms with Gasteiger partial charge in [-0.25, -0.2) is 12.8 Å². The van der Waals surface area contributed by atoms with E-state index in [1.54, 1.807) is 0 Å². The molecule has 1 aromatic carbocycles. The molecule has 114 valence electrons. The van der Waals surface area contributed by atoms with Gasteiger partial charge in [0.2, 0.25) is 15.9 Å². The number of carboxylic acids is 1. The molecule has 0 spiro atoms. The van der Waals surface area contributed by atoms with Gasteiger partial charge in [0.05, 0.1) is 17.9 Å². The topological polar surface area (TPSA) is 113 Å². The predicted molar refractivity (Wildman–Crippen MR) is 73.0 cm³/mol. The van der Waals surface area contributed by atoms with Crippen molar-refractivity contribution >= 4 is 33.3 Å². The molecule has 2 rings (SSSR count). The van der Waals surface area contributed by atoms with E-state index in [4.69, 9.17) is 5.11 Å². The molecule has 1 aromatic rings. The van der Waals surface area contributed by atoms with Gasteiger partial charge < -0.3 is 10.4 Å². The van der Waals surface area contributed by atoms with Crippen LogP contribution in [0.2, 0.25) is 0 Å². The second-order valence-corrected chi connectivity index (χ2v) is 6.44. The molecular weight excluding hydrogens is 303 g/mol. The van der Waals surface area contributed by atoms with Crippen molar-refractivity contribution in [2.75, 3.05) is 15.8 Å². The van der Waals surface area contributed by atoms with Crippen LogP contribution in [-0.4, -0.2) is 31.2 Å². The van der Waals surface area contributed by atoms with Crippen molar-refractivity contribution < 1.29 is 27.5 Å². The lowest BCUT2D eigenvalue weighted by Crippen LogP contribution is -2.22. The smallest absolute Gasteiger partial charge is 0.304 e. The van der Waals surface area contributed by atoms with Crippen molar-refractivity contribution in [3.8, 4) is 0 Å². The third-order valence-electron chi connectivity index (χ3n) is 2.94. The van der Waals surface area contributed by atoms with Crippen LogP contribution in [0.5, 0.6) is 0 Å². The number of hydrogen-bond acceptors (Lipinski definition) is 4. The number of carbonyl (C=O) groups excluding carboxylic acids is 1. The number of nitrogens with one attached hydrogen (secondary N) is 2. The molecule has 0 aromatic heterocycles. The number of anilines is 2. The Morgan fingerprint density at radius 2 is 2.10 bits per heavy atom. The number of aryl methyl sites for hydroxylation is 1. The van der Waals surface area contributed by atoms with E-state index in [1.165, 1.54) is 6.07 Å². The van der Waals surface area contributed by atoms with Crippen LogP contribution < -0.4 is 10.0 Å². The van der Waals surface area contributed by atoms with Gasteiger partial charge in [-0.05, 0) is 24.1 Å². The zero-order valence-electron chi connectivity index (χ0n) is 10.8. The van der Waals surface area contributed by atoms with E-state index in [2.05, 4.69) is 5.32 Å². The highest BCUT2D eigenvalue weighted by Gasteiger charge is 2.20. The summed E-state index contributed by atoms with van der Waals surface area (Å²) in [6, 6.07) is 2.35. The molecule has 1 aliphatic rings. The number of halogens is 1. The molecule has 1 aliphatic heterocycles. The Hall–Kier alpha value is -2.16. The highest BCUT2D eigenvalue weighted by atomic mass is 32.2. The Morgan fingerprint density at radius 3 is 2.76 bits per heavy atom. The molecule has 0 unspecified atom stereocenters. The molecule has 7 nitrogen and oxygen atoms in total. The molecule has 0 radical (unpaired) electrons. The predicted octanol–water partition coefficient (Wildman–Crippen LogP) is 0.927. The molecule has 1 amide bonds. The van der Waals surface area contributed by atoms with Crippen LogP contribution in [-0.2, 0) is 26.0 Å². The van der Waals surface area contributed by atoms with Gasteiger partial charge in [0.25, 0.3) is 0 Å². The summed E-state index contributed by atoms with van der Waals surface area (Å²) in [6.45, 7) is 0. The molecule has 0 aliphatic carbocycles. The average molecular weight is 316 g/mol. The zero-order valence-corrected chi connectivity index (χ0v) is 11.7. The Bertz CT molecular complexity index is 702. The van der Waals surface area contributed by atoms with Gasteiger partial charge in [-0.1, -0.05) is 0 Å². The fourth-order valence-corrected chi connectivity index (χ4v) is 2.95. The van der Waals surface area contributed by atoms with Crippen LogP contribution in [0.15, 0.2) is 12.1 Å². The first-order valence-corrected chi connectivity index (χ1v) is 7.76. The highest BCUT2D eigenvalue weighted by Crippen LogP contribution is 2.29. The van der Waals surface area contributed by atoms with E-state index in [0.29, 0.717) is 17.7 Å². The average Bonchev–Trinajstić information content (AvgIpc) is 2.38. The third-order valence-corrected chi connectivity index (χ3v) is 4.21. The number of sulfonamides is 1. The van der Waals surface area contributed by atoms with E-state index in [-0.39, 0.29) is 18.0 Å². The molecule has 21 heavy (non-hydrogen) atoms. The van der Waals surface area contributed by atoms with Crippen molar-refractivity contribution in [3.05, 3.63) is 23.5 Å². The lowest BCUT2D eigenvalue weighted by molar-refractivity contribution is -0.136. The van der Waals surface area contributed by atoms with E-state index in [0.717, 1.165) is 6.07 Å². The van der Waals surface area contributed by atoms with Crippen molar-refractivity contribution in [1.82, 2.24) is 0 Å². The first-order valence-electron chi connectivity index (χ1n) is 6.11. The van der Waals surface area contributed by atoms with E-state index in [1.807, 2.05) is 4.72 Å². The summed E-state index contributed by atoms with van der Waals surface area (Å²) in [5.41, 5.74) is 0.616. The summed E-state index contributed by atoms with van der Waals surface area (Å²) >= 11 is 0. The van der Waals surface area contributed by atoms with E-state index in [9.17, 15) is 22.4 Å². The fourth-order valence-electron chi connectivity index (χ4n) is 1.92. The first-order chi connectivity index (χ1) is 9.77. The van der Waals surface area contributed by atoms with Gasteiger partial charge in [0, 0.05) is 12.1 Å². The summed E-state index contributed by atoms with van der Waals surface area (Å²) in [5.74, 6) is -2.93. The fraction of sp³-hybridized carbons (Fsp3) is 0.333. The minimum Gasteiger partial charge on any atom is -0.481 e. The number of hydrogen-bond donors (Lipinski definition) is 3. The van der Waals surface area contributed by atoms with Crippen LogP contribution >= 0.6 is 0 Å². The maximum atomic E-state index is 13.8. The maximum absolute atomic E-state index is 13.8. The summed E-state index contributed by atoms with van der Waals surface area (Å²) in [7, 11) is -3.98. The lowest BCUT2D eigenvalue weighted by atomic mass is 10.0. The molecule has 9 heteroatoms. The number of rotatable bonds is 5. The Morgan fingerprint density at radius 1 is 1.38 bits per heavy atom. The van der Waals surface area contributed by atoms with E-state index >= 15 is 0 Å². The van der Waals surface area contributed by atoms with E-state index < -0.39 is 34.0 Å². The number of fused-ring (bicyclic) bond motifs is 1. The summed E-state index contributed by atoms with van der Waals surface area (Å²) in [6.07, 6.45) is 0.0406. The second-order valence-electron chi connectivity index (χ2n) is 4.60. The Balaban J connectivity index is 2.22. The zero-order chi connectivity index (χ0) is 15.6. The van der Waals surface area contributed by atoms with Crippen molar-refractivity contribution in [2.45, 2.75) is 19.3 Å². The monoisotopic (exact) mass is 316 g/mol. The van der Waals surface area contributed by atoms with Gasteiger partial charge in [-0.2, -0.15) is 0 Å². The third kappa shape index (κ3) is 3.91. The largest absolute Gasteiger partial charge is 0.481 e. The number of aliphatic carboxylic acids is 1. The number of amides is 1. The van der Waals surface area contributed by atoms with Crippen LogP contribution in [0.25, 0.3) is 0 Å². The number of benzene rings is 1. The highest BCUT2D eigenvalue weighted by molar-refractivity contribution is 7.92. The molecule has 1 heterocycles. The minimum absolute atomic E-state index is 0.228. The molecule has 0 fully saturated rings. The Labute approximate surface area is 120 Å². The molecule has 0 saturated carbocycles. The van der Waals surface area contributed by atoms with Crippen molar-refractivity contribution in [3.63, 3.8) is 0 Å². The van der Waals surface area contributed by atoms with Crippen molar-refractivity contribution in [2.24, 2.45) is 0 Å². The normalized spacial score (nSPS) is 14.2. The number of carbonyl (C=O) groups is 2. The van der Waals surface area contributed by atoms with Crippen molar-refractivity contribution in [1.29, 1.82) is 0 Å². The minimum atomic E-state index is -3.98. The van der Waals surface area contributed by atoms with Gasteiger partial charge in [0.1, 0.15) is 5.82 Å². The molecular formula is C12H13FN2O5S. The Kier molecular flexibility index (Phi) is 4.12.